The topological polar surface area (TPSA) is 86.7 Å². The van der Waals surface area contributed by atoms with Crippen LogP contribution in [0.2, 0.25) is 0 Å². The molecular formula is C22H24N2O4. The van der Waals surface area contributed by atoms with Gasteiger partial charge in [-0.2, -0.15) is 0 Å². The zero-order valence-corrected chi connectivity index (χ0v) is 16.0. The maximum Gasteiger partial charge on any atom is 0.310 e. The van der Waals surface area contributed by atoms with E-state index in [4.69, 9.17) is 5.11 Å². The van der Waals surface area contributed by atoms with E-state index in [1.807, 2.05) is 31.2 Å². The minimum Gasteiger partial charge on any atom is -0.481 e. The molecule has 2 amide bonds. The van der Waals surface area contributed by atoms with Crippen LogP contribution in [-0.4, -0.2) is 29.4 Å². The largest absolute Gasteiger partial charge is 0.481 e. The lowest BCUT2D eigenvalue weighted by atomic mass is 10.0. The Labute approximate surface area is 164 Å². The first-order chi connectivity index (χ1) is 13.4. The van der Waals surface area contributed by atoms with Crippen molar-refractivity contribution in [3.05, 3.63) is 59.7 Å². The Morgan fingerprint density at radius 2 is 1.96 bits per heavy atom. The number of hydrogen-bond donors (Lipinski definition) is 2. The summed E-state index contributed by atoms with van der Waals surface area (Å²) in [5, 5.41) is 12.0. The lowest BCUT2D eigenvalue weighted by Crippen LogP contribution is -2.28. The number of nitrogens with one attached hydrogen (secondary N) is 1. The molecule has 0 radical (unpaired) electrons. The van der Waals surface area contributed by atoms with Crippen molar-refractivity contribution >= 4 is 29.2 Å². The smallest absolute Gasteiger partial charge is 0.310 e. The number of carbonyl (C=O) groups is 3. The Hall–Kier alpha value is -3.15. The lowest BCUT2D eigenvalue weighted by Gasteiger charge is -2.20. The van der Waals surface area contributed by atoms with Crippen LogP contribution >= 0.6 is 0 Å². The van der Waals surface area contributed by atoms with Gasteiger partial charge in [0, 0.05) is 24.3 Å². The van der Waals surface area contributed by atoms with E-state index in [-0.39, 0.29) is 18.2 Å². The molecule has 6 nitrogen and oxygen atoms in total. The summed E-state index contributed by atoms with van der Waals surface area (Å²) in [5.41, 5.74) is 3.09. The summed E-state index contributed by atoms with van der Waals surface area (Å²) in [6.45, 7) is 3.98. The molecule has 28 heavy (non-hydrogen) atoms. The van der Waals surface area contributed by atoms with Gasteiger partial charge >= 0.3 is 5.97 Å². The zero-order valence-electron chi connectivity index (χ0n) is 16.0. The van der Waals surface area contributed by atoms with Crippen LogP contribution in [0.25, 0.3) is 0 Å². The number of aryl methyl sites for hydroxylation is 1. The Bertz CT molecular complexity index is 909. The number of amides is 2. The second kappa shape index (κ2) is 8.25. The summed E-state index contributed by atoms with van der Waals surface area (Å²) in [6, 6.07) is 14.6. The van der Waals surface area contributed by atoms with E-state index in [0.29, 0.717) is 17.8 Å². The average Bonchev–Trinajstić information content (AvgIpc) is 3.09. The summed E-state index contributed by atoms with van der Waals surface area (Å²) in [5.74, 6) is -2.32. The number of carbonyl (C=O) groups excluding carboxylic acids is 2. The van der Waals surface area contributed by atoms with Crippen LogP contribution in [0.5, 0.6) is 0 Å². The molecule has 0 spiro atoms. The third-order valence-corrected chi connectivity index (χ3v) is 5.18. The molecule has 3 rings (SSSR count). The van der Waals surface area contributed by atoms with E-state index in [1.165, 1.54) is 0 Å². The van der Waals surface area contributed by atoms with Crippen LogP contribution in [0.1, 0.15) is 37.3 Å². The minimum absolute atomic E-state index is 0.0608. The predicted molar refractivity (Wildman–Crippen MR) is 107 cm³/mol. The number of carboxylic acid groups (broad SMARTS) is 1. The molecule has 0 aromatic heterocycles. The number of para-hydroxylation sites is 1. The fraction of sp³-hybridized carbons (Fsp3) is 0.318. The number of benzene rings is 2. The Kier molecular flexibility index (Phi) is 5.78. The van der Waals surface area contributed by atoms with Crippen molar-refractivity contribution in [2.24, 2.45) is 5.92 Å². The summed E-state index contributed by atoms with van der Waals surface area (Å²) in [6.07, 6.45) is 0.973. The van der Waals surface area contributed by atoms with Crippen molar-refractivity contribution < 1.29 is 19.5 Å². The van der Waals surface area contributed by atoms with E-state index in [9.17, 15) is 14.4 Å². The average molecular weight is 380 g/mol. The highest BCUT2D eigenvalue weighted by atomic mass is 16.4. The van der Waals surface area contributed by atoms with Gasteiger partial charge in [-0.05, 0) is 42.7 Å². The summed E-state index contributed by atoms with van der Waals surface area (Å²) >= 11 is 0. The standard InChI is InChI=1S/C22H24N2O4/c1-3-15-7-4-5-10-19(15)24-13-17(12-20(24)25)21(26)23-18-9-6-8-16(11-18)14(2)22(27)28/h4-11,14,17H,3,12-13H2,1-2H3,(H,23,26)(H,27,28). The van der Waals surface area contributed by atoms with E-state index >= 15 is 0 Å². The van der Waals surface area contributed by atoms with E-state index in [2.05, 4.69) is 5.32 Å². The first kappa shape index (κ1) is 19.6. The van der Waals surface area contributed by atoms with Crippen molar-refractivity contribution in [2.45, 2.75) is 32.6 Å². The monoisotopic (exact) mass is 380 g/mol. The molecule has 0 bridgehead atoms. The molecule has 1 saturated heterocycles. The number of rotatable bonds is 6. The van der Waals surface area contributed by atoms with Gasteiger partial charge in [0.15, 0.2) is 0 Å². The van der Waals surface area contributed by atoms with Gasteiger partial charge in [0.2, 0.25) is 11.8 Å². The van der Waals surface area contributed by atoms with Gasteiger partial charge in [-0.25, -0.2) is 0 Å². The number of carboxylic acids is 1. The third kappa shape index (κ3) is 4.06. The molecule has 2 aromatic rings. The molecule has 0 aliphatic carbocycles. The normalized spacial score (nSPS) is 17.4. The summed E-state index contributed by atoms with van der Waals surface area (Å²) < 4.78 is 0. The van der Waals surface area contributed by atoms with Crippen LogP contribution in [-0.2, 0) is 20.8 Å². The Morgan fingerprint density at radius 3 is 2.68 bits per heavy atom. The highest BCUT2D eigenvalue weighted by Gasteiger charge is 2.35. The third-order valence-electron chi connectivity index (χ3n) is 5.18. The second-order valence-corrected chi connectivity index (χ2v) is 7.06. The SMILES string of the molecule is CCc1ccccc1N1CC(C(=O)Nc2cccc(C(C)C(=O)O)c2)CC1=O. The van der Waals surface area contributed by atoms with Crippen LogP contribution in [0.4, 0.5) is 11.4 Å². The highest BCUT2D eigenvalue weighted by Crippen LogP contribution is 2.29. The highest BCUT2D eigenvalue weighted by molar-refractivity contribution is 6.03. The molecule has 1 aliphatic rings. The van der Waals surface area contributed by atoms with E-state index < -0.39 is 17.8 Å². The number of nitrogens with zero attached hydrogens (tertiary/aromatic N) is 1. The van der Waals surface area contributed by atoms with Crippen LogP contribution in [0.3, 0.4) is 0 Å². The number of aliphatic carboxylic acids is 1. The molecule has 2 atom stereocenters. The maximum atomic E-state index is 12.7. The Balaban J connectivity index is 1.72. The van der Waals surface area contributed by atoms with Crippen molar-refractivity contribution in [1.29, 1.82) is 0 Å². The van der Waals surface area contributed by atoms with Gasteiger partial charge in [0.05, 0.1) is 11.8 Å². The summed E-state index contributed by atoms with van der Waals surface area (Å²) in [7, 11) is 0. The van der Waals surface area contributed by atoms with Crippen LogP contribution < -0.4 is 10.2 Å². The van der Waals surface area contributed by atoms with Crippen LogP contribution in [0, 0.1) is 5.92 Å². The van der Waals surface area contributed by atoms with Crippen molar-refractivity contribution in [3.8, 4) is 0 Å². The van der Waals surface area contributed by atoms with Gasteiger partial charge in [0.1, 0.15) is 0 Å². The lowest BCUT2D eigenvalue weighted by molar-refractivity contribution is -0.138. The van der Waals surface area contributed by atoms with Gasteiger partial charge in [0.25, 0.3) is 0 Å². The molecule has 2 unspecified atom stereocenters. The fourth-order valence-electron chi connectivity index (χ4n) is 3.46. The van der Waals surface area contributed by atoms with E-state index in [0.717, 1.165) is 17.7 Å². The molecule has 1 heterocycles. The van der Waals surface area contributed by atoms with Crippen molar-refractivity contribution in [1.82, 2.24) is 0 Å². The van der Waals surface area contributed by atoms with Gasteiger partial charge in [-0.3, -0.25) is 14.4 Å². The van der Waals surface area contributed by atoms with Crippen LogP contribution in [0.15, 0.2) is 48.5 Å². The maximum absolute atomic E-state index is 12.7. The second-order valence-electron chi connectivity index (χ2n) is 7.06. The molecule has 1 aliphatic heterocycles. The molecule has 1 fully saturated rings. The number of anilines is 2. The molecule has 0 saturated carbocycles. The zero-order chi connectivity index (χ0) is 20.3. The van der Waals surface area contributed by atoms with E-state index in [1.54, 1.807) is 36.1 Å². The van der Waals surface area contributed by atoms with Crippen molar-refractivity contribution in [3.63, 3.8) is 0 Å². The summed E-state index contributed by atoms with van der Waals surface area (Å²) in [4.78, 5) is 38.1. The van der Waals surface area contributed by atoms with Crippen molar-refractivity contribution in [2.75, 3.05) is 16.8 Å². The fourth-order valence-corrected chi connectivity index (χ4v) is 3.46. The van der Waals surface area contributed by atoms with Gasteiger partial charge in [-0.15, -0.1) is 0 Å². The molecule has 6 heteroatoms. The van der Waals surface area contributed by atoms with Gasteiger partial charge < -0.3 is 15.3 Å². The molecule has 2 N–H and O–H groups in total. The molecule has 2 aromatic carbocycles. The molecule has 146 valence electrons. The quantitative estimate of drug-likeness (QED) is 0.804. The minimum atomic E-state index is -0.921. The first-order valence-electron chi connectivity index (χ1n) is 9.42. The number of hydrogen-bond acceptors (Lipinski definition) is 3. The van der Waals surface area contributed by atoms with Gasteiger partial charge in [-0.1, -0.05) is 37.3 Å². The molecular weight excluding hydrogens is 356 g/mol. The predicted octanol–water partition coefficient (Wildman–Crippen LogP) is 3.43. The Morgan fingerprint density at radius 1 is 1.21 bits per heavy atom. The first-order valence-corrected chi connectivity index (χ1v) is 9.42.